The van der Waals surface area contributed by atoms with Crippen LogP contribution in [0.15, 0.2) is 0 Å². The van der Waals surface area contributed by atoms with E-state index in [1.807, 2.05) is 0 Å². The largest absolute Gasteiger partial charge is 0.396 e. The molecule has 0 spiro atoms. The number of hydrogen-bond donors (Lipinski definition) is 2. The molecule has 0 aromatic heterocycles. The van der Waals surface area contributed by atoms with E-state index in [-0.39, 0.29) is 36.2 Å². The van der Waals surface area contributed by atoms with Crippen LogP contribution >= 0.6 is 0 Å². The zero-order valence-corrected chi connectivity index (χ0v) is 9.76. The fourth-order valence-corrected chi connectivity index (χ4v) is 3.26. The number of aliphatic hydroxyl groups is 1. The van der Waals surface area contributed by atoms with Crippen molar-refractivity contribution in [3.63, 3.8) is 0 Å². The van der Waals surface area contributed by atoms with E-state index in [9.17, 15) is 9.59 Å². The average molecular weight is 238 g/mol. The first-order valence-electron chi connectivity index (χ1n) is 6.41. The molecule has 5 nitrogen and oxygen atoms in total. The first-order chi connectivity index (χ1) is 8.24. The number of amides is 2. The van der Waals surface area contributed by atoms with E-state index in [1.54, 1.807) is 0 Å². The van der Waals surface area contributed by atoms with E-state index in [0.717, 1.165) is 25.9 Å². The molecular formula is C12H18N2O3. The molecule has 1 saturated carbocycles. The molecule has 1 aliphatic carbocycles. The van der Waals surface area contributed by atoms with Gasteiger partial charge >= 0.3 is 0 Å². The van der Waals surface area contributed by atoms with Gasteiger partial charge in [-0.05, 0) is 31.8 Å². The molecule has 2 N–H and O–H groups in total. The lowest BCUT2D eigenvalue weighted by atomic mass is 9.99. The first kappa shape index (κ1) is 11.2. The summed E-state index contributed by atoms with van der Waals surface area (Å²) >= 11 is 0. The summed E-state index contributed by atoms with van der Waals surface area (Å²) in [6.45, 7) is 2.47. The highest BCUT2D eigenvalue weighted by Gasteiger charge is 2.66. The van der Waals surface area contributed by atoms with Crippen molar-refractivity contribution in [2.45, 2.75) is 12.8 Å². The van der Waals surface area contributed by atoms with Gasteiger partial charge in [-0.15, -0.1) is 0 Å². The second-order valence-corrected chi connectivity index (χ2v) is 5.40. The zero-order chi connectivity index (χ0) is 12.0. The maximum atomic E-state index is 12.0. The van der Waals surface area contributed by atoms with Crippen LogP contribution in [0.4, 0.5) is 0 Å². The zero-order valence-electron chi connectivity index (χ0n) is 9.76. The van der Waals surface area contributed by atoms with Gasteiger partial charge in [-0.3, -0.25) is 14.5 Å². The van der Waals surface area contributed by atoms with E-state index in [2.05, 4.69) is 5.32 Å². The minimum Gasteiger partial charge on any atom is -0.396 e. The molecule has 3 rings (SSSR count). The van der Waals surface area contributed by atoms with Crippen LogP contribution in [0.5, 0.6) is 0 Å². The van der Waals surface area contributed by atoms with Gasteiger partial charge < -0.3 is 10.4 Å². The molecule has 3 atom stereocenters. The maximum absolute atomic E-state index is 12.0. The van der Waals surface area contributed by atoms with Crippen molar-refractivity contribution in [1.29, 1.82) is 0 Å². The van der Waals surface area contributed by atoms with Crippen LogP contribution in [0.25, 0.3) is 0 Å². The van der Waals surface area contributed by atoms with Crippen molar-refractivity contribution in [3.8, 4) is 0 Å². The number of likely N-dealkylation sites (tertiary alicyclic amines) is 1. The molecule has 2 saturated heterocycles. The summed E-state index contributed by atoms with van der Waals surface area (Å²) in [7, 11) is 0. The Morgan fingerprint density at radius 3 is 2.53 bits per heavy atom. The fraction of sp³-hybridized carbons (Fsp3) is 0.833. The lowest BCUT2D eigenvalue weighted by Gasteiger charge is -2.27. The number of carbonyl (C=O) groups excluding carboxylic acids is 2. The molecule has 3 aliphatic rings. The predicted octanol–water partition coefficient (Wildman–Crippen LogP) is -0.791. The lowest BCUT2D eigenvalue weighted by Crippen LogP contribution is -2.43. The van der Waals surface area contributed by atoms with Crippen molar-refractivity contribution < 1.29 is 14.7 Å². The molecule has 94 valence electrons. The lowest BCUT2D eigenvalue weighted by molar-refractivity contribution is -0.143. The Balaban J connectivity index is 1.62. The van der Waals surface area contributed by atoms with E-state index >= 15 is 0 Å². The predicted molar refractivity (Wildman–Crippen MR) is 59.9 cm³/mol. The SMILES string of the molecule is O=C1C2C(CO)C2C(=O)N1CC1CCCNC1. The van der Waals surface area contributed by atoms with Gasteiger partial charge in [0.2, 0.25) is 11.8 Å². The normalized spacial score (nSPS) is 40.6. The van der Waals surface area contributed by atoms with Crippen LogP contribution in [0.1, 0.15) is 12.8 Å². The number of rotatable bonds is 3. The molecule has 3 unspecified atom stereocenters. The summed E-state index contributed by atoms with van der Waals surface area (Å²) in [5, 5.41) is 12.3. The molecule has 0 radical (unpaired) electrons. The Hall–Kier alpha value is -0.940. The Bertz CT molecular complexity index is 330. The third-order valence-electron chi connectivity index (χ3n) is 4.32. The van der Waals surface area contributed by atoms with Gasteiger partial charge in [0, 0.05) is 19.1 Å². The third kappa shape index (κ3) is 1.68. The summed E-state index contributed by atoms with van der Waals surface area (Å²) in [6, 6.07) is 0. The summed E-state index contributed by atoms with van der Waals surface area (Å²) < 4.78 is 0. The number of nitrogens with one attached hydrogen (secondary N) is 1. The van der Waals surface area contributed by atoms with E-state index in [0.29, 0.717) is 12.5 Å². The number of carbonyl (C=O) groups is 2. The van der Waals surface area contributed by atoms with E-state index in [4.69, 9.17) is 5.11 Å². The second-order valence-electron chi connectivity index (χ2n) is 5.40. The molecular weight excluding hydrogens is 220 g/mol. The molecule has 17 heavy (non-hydrogen) atoms. The van der Waals surface area contributed by atoms with Crippen LogP contribution in [0.3, 0.4) is 0 Å². The number of nitrogens with zero attached hydrogens (tertiary/aromatic N) is 1. The topological polar surface area (TPSA) is 69.6 Å². The molecule has 2 amide bonds. The standard InChI is InChI=1S/C12H18N2O3/c15-6-8-9-10(8)12(17)14(11(9)16)5-7-2-1-3-13-4-7/h7-10,13,15H,1-6H2. The highest BCUT2D eigenvalue weighted by atomic mass is 16.3. The summed E-state index contributed by atoms with van der Waals surface area (Å²) in [4.78, 5) is 25.4. The Labute approximate surface area is 100 Å². The van der Waals surface area contributed by atoms with Gasteiger partial charge in [-0.2, -0.15) is 0 Å². The van der Waals surface area contributed by atoms with Crippen molar-refractivity contribution in [2.75, 3.05) is 26.2 Å². The van der Waals surface area contributed by atoms with Crippen molar-refractivity contribution in [2.24, 2.45) is 23.7 Å². The number of aliphatic hydroxyl groups excluding tert-OH is 1. The third-order valence-corrected chi connectivity index (χ3v) is 4.32. The van der Waals surface area contributed by atoms with Gasteiger partial charge in [-0.1, -0.05) is 0 Å². The maximum Gasteiger partial charge on any atom is 0.233 e. The minimum absolute atomic E-state index is 0.0361. The van der Waals surface area contributed by atoms with Crippen LogP contribution < -0.4 is 5.32 Å². The Kier molecular flexibility index (Phi) is 2.67. The van der Waals surface area contributed by atoms with E-state index in [1.165, 1.54) is 4.90 Å². The second kappa shape index (κ2) is 4.07. The van der Waals surface area contributed by atoms with E-state index < -0.39 is 0 Å². The van der Waals surface area contributed by atoms with Crippen LogP contribution in [-0.2, 0) is 9.59 Å². The highest BCUT2D eigenvalue weighted by Crippen LogP contribution is 2.53. The summed E-state index contributed by atoms with van der Waals surface area (Å²) in [5.74, 6) is -0.195. The number of fused-ring (bicyclic) bond motifs is 1. The number of piperidine rings is 2. The first-order valence-corrected chi connectivity index (χ1v) is 6.41. The van der Waals surface area contributed by atoms with Crippen LogP contribution in [0, 0.1) is 23.7 Å². The van der Waals surface area contributed by atoms with Crippen LogP contribution in [-0.4, -0.2) is 48.1 Å². The molecule has 3 fully saturated rings. The van der Waals surface area contributed by atoms with Crippen molar-refractivity contribution in [1.82, 2.24) is 10.2 Å². The monoisotopic (exact) mass is 238 g/mol. The molecule has 0 aromatic rings. The summed E-state index contributed by atoms with van der Waals surface area (Å²) in [6.07, 6.45) is 2.20. The van der Waals surface area contributed by atoms with Gasteiger partial charge in [0.15, 0.2) is 0 Å². The molecule has 0 bridgehead atoms. The minimum atomic E-state index is -0.205. The van der Waals surface area contributed by atoms with Crippen LogP contribution in [0.2, 0.25) is 0 Å². The molecule has 2 aliphatic heterocycles. The number of hydrogen-bond acceptors (Lipinski definition) is 4. The summed E-state index contributed by atoms with van der Waals surface area (Å²) in [5.41, 5.74) is 0. The average Bonchev–Trinajstić information content (AvgIpc) is 3.04. The fourth-order valence-electron chi connectivity index (χ4n) is 3.26. The van der Waals surface area contributed by atoms with Gasteiger partial charge in [-0.25, -0.2) is 0 Å². The van der Waals surface area contributed by atoms with Crippen molar-refractivity contribution >= 4 is 11.8 Å². The smallest absolute Gasteiger partial charge is 0.233 e. The quantitative estimate of drug-likeness (QED) is 0.632. The van der Waals surface area contributed by atoms with Gasteiger partial charge in [0.05, 0.1) is 11.8 Å². The van der Waals surface area contributed by atoms with Gasteiger partial charge in [0.25, 0.3) is 0 Å². The van der Waals surface area contributed by atoms with Gasteiger partial charge in [0.1, 0.15) is 0 Å². The molecule has 0 aromatic carbocycles. The Morgan fingerprint density at radius 2 is 2.00 bits per heavy atom. The molecule has 2 heterocycles. The van der Waals surface area contributed by atoms with Crippen molar-refractivity contribution in [3.05, 3.63) is 0 Å². The highest BCUT2D eigenvalue weighted by molar-refractivity contribution is 6.09. The number of imide groups is 1. The molecule has 5 heteroatoms. The Morgan fingerprint density at radius 1 is 1.29 bits per heavy atom.